The standard InChI is InChI=1S/C25H24FN3O/c1-15-5-4-6-18(11-15)29-20-12-25(2,3)13-21(30)23(20)22(19(14-27)24(29)28)16-7-9-17(26)10-8-16/h4-11,22H,12-13,28H2,1-3H3/t22-/m1/s1. The van der Waals surface area contributed by atoms with E-state index in [1.165, 1.54) is 12.1 Å². The summed E-state index contributed by atoms with van der Waals surface area (Å²) in [6.07, 6.45) is 1.04. The highest BCUT2D eigenvalue weighted by atomic mass is 19.1. The van der Waals surface area contributed by atoms with Crippen LogP contribution < -0.4 is 10.6 Å². The number of allylic oxidation sites excluding steroid dienone is 3. The van der Waals surface area contributed by atoms with E-state index in [1.807, 2.05) is 36.1 Å². The fraction of sp³-hybridized carbons (Fsp3) is 0.280. The van der Waals surface area contributed by atoms with E-state index in [1.54, 1.807) is 12.1 Å². The number of carbonyl (C=O) groups excluding carboxylic acids is 1. The van der Waals surface area contributed by atoms with Gasteiger partial charge in [0.05, 0.1) is 17.6 Å². The van der Waals surface area contributed by atoms with Gasteiger partial charge in [-0.25, -0.2) is 4.39 Å². The zero-order valence-corrected chi connectivity index (χ0v) is 17.4. The number of rotatable bonds is 2. The third-order valence-electron chi connectivity index (χ3n) is 5.84. The van der Waals surface area contributed by atoms with Gasteiger partial charge in [0.1, 0.15) is 11.6 Å². The lowest BCUT2D eigenvalue weighted by atomic mass is 9.68. The molecule has 0 amide bonds. The summed E-state index contributed by atoms with van der Waals surface area (Å²) in [5.74, 6) is -0.623. The highest BCUT2D eigenvalue weighted by Gasteiger charge is 2.44. The number of anilines is 1. The number of hydrogen-bond donors (Lipinski definition) is 1. The van der Waals surface area contributed by atoms with E-state index < -0.39 is 5.92 Å². The molecule has 5 heteroatoms. The maximum atomic E-state index is 13.6. The van der Waals surface area contributed by atoms with Crippen molar-refractivity contribution in [2.45, 2.75) is 39.5 Å². The monoisotopic (exact) mass is 401 g/mol. The van der Waals surface area contributed by atoms with Crippen molar-refractivity contribution in [1.29, 1.82) is 5.26 Å². The third-order valence-corrected chi connectivity index (χ3v) is 5.84. The Bertz CT molecular complexity index is 1140. The molecule has 4 nitrogen and oxygen atoms in total. The maximum Gasteiger partial charge on any atom is 0.162 e. The van der Waals surface area contributed by atoms with Crippen LogP contribution in [0.3, 0.4) is 0 Å². The molecule has 1 aliphatic heterocycles. The fourth-order valence-electron chi connectivity index (χ4n) is 4.56. The van der Waals surface area contributed by atoms with Crippen LogP contribution >= 0.6 is 0 Å². The van der Waals surface area contributed by atoms with Crippen LogP contribution in [-0.2, 0) is 4.79 Å². The summed E-state index contributed by atoms with van der Waals surface area (Å²) in [4.78, 5) is 15.2. The van der Waals surface area contributed by atoms with E-state index in [0.717, 1.165) is 16.9 Å². The Hall–Kier alpha value is -3.39. The van der Waals surface area contributed by atoms with Crippen molar-refractivity contribution >= 4 is 11.5 Å². The van der Waals surface area contributed by atoms with Gasteiger partial charge in [0, 0.05) is 23.4 Å². The molecule has 30 heavy (non-hydrogen) atoms. The lowest BCUT2D eigenvalue weighted by Gasteiger charge is -2.43. The summed E-state index contributed by atoms with van der Waals surface area (Å²) in [7, 11) is 0. The molecule has 0 saturated carbocycles. The Morgan fingerprint density at radius 3 is 2.50 bits per heavy atom. The number of halogens is 1. The van der Waals surface area contributed by atoms with E-state index >= 15 is 0 Å². The fourth-order valence-corrected chi connectivity index (χ4v) is 4.56. The number of nitrogens with zero attached hydrogens (tertiary/aromatic N) is 2. The average molecular weight is 401 g/mol. The van der Waals surface area contributed by atoms with E-state index in [0.29, 0.717) is 35.4 Å². The molecule has 0 radical (unpaired) electrons. The summed E-state index contributed by atoms with van der Waals surface area (Å²) >= 11 is 0. The van der Waals surface area contributed by atoms with Gasteiger partial charge < -0.3 is 5.73 Å². The van der Waals surface area contributed by atoms with Crippen molar-refractivity contribution in [2.24, 2.45) is 11.1 Å². The van der Waals surface area contributed by atoms with Crippen molar-refractivity contribution in [1.82, 2.24) is 0 Å². The quantitative estimate of drug-likeness (QED) is 0.762. The number of nitriles is 1. The average Bonchev–Trinajstić information content (AvgIpc) is 2.67. The first-order valence-corrected chi connectivity index (χ1v) is 10.00. The van der Waals surface area contributed by atoms with Crippen LogP contribution in [0.25, 0.3) is 0 Å². The third kappa shape index (κ3) is 3.29. The molecule has 0 saturated heterocycles. The van der Waals surface area contributed by atoms with Crippen molar-refractivity contribution in [3.8, 4) is 6.07 Å². The second kappa shape index (κ2) is 7.14. The summed E-state index contributed by atoms with van der Waals surface area (Å²) in [5, 5.41) is 10.0. The molecule has 152 valence electrons. The predicted octanol–water partition coefficient (Wildman–Crippen LogP) is 5.08. The van der Waals surface area contributed by atoms with Crippen molar-refractivity contribution in [2.75, 3.05) is 4.90 Å². The predicted molar refractivity (Wildman–Crippen MR) is 115 cm³/mol. The smallest absolute Gasteiger partial charge is 0.162 e. The van der Waals surface area contributed by atoms with Crippen LogP contribution in [0.1, 0.15) is 43.7 Å². The molecular formula is C25H24FN3O. The van der Waals surface area contributed by atoms with Crippen LogP contribution in [-0.4, -0.2) is 5.78 Å². The zero-order valence-electron chi connectivity index (χ0n) is 17.4. The van der Waals surface area contributed by atoms with Crippen LogP contribution in [0.4, 0.5) is 10.1 Å². The molecule has 0 spiro atoms. The van der Waals surface area contributed by atoms with Crippen LogP contribution in [0.2, 0.25) is 0 Å². The largest absolute Gasteiger partial charge is 0.384 e. The van der Waals surface area contributed by atoms with Crippen molar-refractivity contribution < 1.29 is 9.18 Å². The van der Waals surface area contributed by atoms with Gasteiger partial charge in [0.25, 0.3) is 0 Å². The van der Waals surface area contributed by atoms with E-state index in [9.17, 15) is 14.4 Å². The molecule has 0 unspecified atom stereocenters. The molecule has 1 aliphatic carbocycles. The number of nitrogens with two attached hydrogens (primary N) is 1. The second-order valence-electron chi connectivity index (χ2n) is 8.87. The number of Topliss-reactive ketones (excluding diaryl/α,β-unsaturated/α-hetero) is 1. The molecule has 2 N–H and O–H groups in total. The van der Waals surface area contributed by atoms with Crippen molar-refractivity contribution in [3.05, 3.63) is 88.1 Å². The number of hydrogen-bond acceptors (Lipinski definition) is 4. The van der Waals surface area contributed by atoms with Gasteiger partial charge in [0.15, 0.2) is 5.78 Å². The van der Waals surface area contributed by atoms with Gasteiger partial charge >= 0.3 is 0 Å². The van der Waals surface area contributed by atoms with Gasteiger partial charge in [0.2, 0.25) is 0 Å². The van der Waals surface area contributed by atoms with Gasteiger partial charge in [-0.15, -0.1) is 0 Å². The molecule has 0 bridgehead atoms. The lowest BCUT2D eigenvalue weighted by molar-refractivity contribution is -0.118. The molecule has 0 fully saturated rings. The highest BCUT2D eigenvalue weighted by Crippen LogP contribution is 2.50. The summed E-state index contributed by atoms with van der Waals surface area (Å²) < 4.78 is 13.6. The van der Waals surface area contributed by atoms with Crippen LogP contribution in [0.15, 0.2) is 71.2 Å². The van der Waals surface area contributed by atoms with Gasteiger partial charge in [-0.05, 0) is 54.2 Å². The Morgan fingerprint density at radius 2 is 1.87 bits per heavy atom. The highest BCUT2D eigenvalue weighted by molar-refractivity contribution is 6.01. The molecule has 2 aromatic rings. The SMILES string of the molecule is Cc1cccc(N2C(N)=C(C#N)[C@@H](c3ccc(F)cc3)C3=C2CC(C)(C)CC3=O)c1. The topological polar surface area (TPSA) is 70.1 Å². The van der Waals surface area contributed by atoms with Gasteiger partial charge in [-0.3, -0.25) is 9.69 Å². The first kappa shape index (κ1) is 19.9. The Balaban J connectivity index is 2.00. The number of carbonyl (C=O) groups is 1. The Morgan fingerprint density at radius 1 is 1.17 bits per heavy atom. The molecule has 2 aromatic carbocycles. The molecular weight excluding hydrogens is 377 g/mol. The second-order valence-corrected chi connectivity index (χ2v) is 8.87. The molecule has 0 aromatic heterocycles. The normalized spacial score (nSPS) is 20.8. The molecule has 1 atom stereocenters. The van der Waals surface area contributed by atoms with E-state index in [2.05, 4.69) is 19.9 Å². The number of ketones is 1. The summed E-state index contributed by atoms with van der Waals surface area (Å²) in [6, 6.07) is 16.1. The summed E-state index contributed by atoms with van der Waals surface area (Å²) in [5.41, 5.74) is 10.7. The summed E-state index contributed by atoms with van der Waals surface area (Å²) in [6.45, 7) is 6.12. The zero-order chi connectivity index (χ0) is 21.6. The minimum Gasteiger partial charge on any atom is -0.384 e. The van der Waals surface area contributed by atoms with E-state index in [-0.39, 0.29) is 17.0 Å². The van der Waals surface area contributed by atoms with Gasteiger partial charge in [-0.1, -0.05) is 38.1 Å². The van der Waals surface area contributed by atoms with E-state index in [4.69, 9.17) is 5.73 Å². The number of aryl methyl sites for hydroxylation is 1. The minimum absolute atomic E-state index is 0.00785. The molecule has 4 rings (SSSR count). The Kier molecular flexibility index (Phi) is 4.74. The number of benzene rings is 2. The first-order valence-electron chi connectivity index (χ1n) is 10.00. The van der Waals surface area contributed by atoms with Crippen LogP contribution in [0, 0.1) is 29.5 Å². The van der Waals surface area contributed by atoms with Crippen molar-refractivity contribution in [3.63, 3.8) is 0 Å². The minimum atomic E-state index is -0.588. The molecule has 1 heterocycles. The Labute approximate surface area is 176 Å². The maximum absolute atomic E-state index is 13.6. The first-order chi connectivity index (χ1) is 14.2. The van der Waals surface area contributed by atoms with Gasteiger partial charge in [-0.2, -0.15) is 5.26 Å². The lowest BCUT2D eigenvalue weighted by Crippen LogP contribution is -2.42. The molecule has 2 aliphatic rings. The van der Waals surface area contributed by atoms with Crippen LogP contribution in [0.5, 0.6) is 0 Å².